The molecule has 18 heavy (non-hydrogen) atoms. The SMILES string of the molecule is C=C(C(=O)O)C1OCc2c(C)c(C)c(C)c(C)c21. The molecule has 1 N–H and O–H groups in total. The van der Waals surface area contributed by atoms with Gasteiger partial charge in [0.15, 0.2) is 0 Å². The minimum absolute atomic E-state index is 0.111. The number of ether oxygens (including phenoxy) is 1. The van der Waals surface area contributed by atoms with Crippen molar-refractivity contribution in [1.82, 2.24) is 0 Å². The van der Waals surface area contributed by atoms with Crippen molar-refractivity contribution >= 4 is 5.97 Å². The Hall–Kier alpha value is -1.61. The molecule has 0 bridgehead atoms. The van der Waals surface area contributed by atoms with E-state index in [0.29, 0.717) is 6.61 Å². The lowest BCUT2D eigenvalue weighted by Crippen LogP contribution is -2.11. The fourth-order valence-electron chi connectivity index (χ4n) is 2.60. The fourth-order valence-corrected chi connectivity index (χ4v) is 2.60. The van der Waals surface area contributed by atoms with Gasteiger partial charge in [-0.15, -0.1) is 0 Å². The quantitative estimate of drug-likeness (QED) is 0.815. The molecule has 1 atom stereocenters. The molecule has 1 aromatic carbocycles. The van der Waals surface area contributed by atoms with Gasteiger partial charge in [-0.25, -0.2) is 4.79 Å². The number of carboxylic acid groups (broad SMARTS) is 1. The van der Waals surface area contributed by atoms with Gasteiger partial charge in [0.2, 0.25) is 0 Å². The Morgan fingerprint density at radius 2 is 1.72 bits per heavy atom. The Kier molecular flexibility index (Phi) is 3.03. The molecule has 3 nitrogen and oxygen atoms in total. The minimum atomic E-state index is -0.997. The zero-order chi connectivity index (χ0) is 13.6. The predicted octanol–water partition coefficient (Wildman–Crippen LogP) is 3.13. The van der Waals surface area contributed by atoms with Crippen LogP contribution < -0.4 is 0 Å². The van der Waals surface area contributed by atoms with Gasteiger partial charge < -0.3 is 9.84 Å². The second kappa shape index (κ2) is 4.25. The summed E-state index contributed by atoms with van der Waals surface area (Å²) in [5.41, 5.74) is 7.04. The van der Waals surface area contributed by atoms with Gasteiger partial charge in [-0.05, 0) is 61.1 Å². The van der Waals surface area contributed by atoms with Gasteiger partial charge in [-0.3, -0.25) is 0 Å². The molecular formula is C15H18O3. The lowest BCUT2D eigenvalue weighted by molar-refractivity contribution is -0.134. The Balaban J connectivity index is 2.64. The van der Waals surface area contributed by atoms with Gasteiger partial charge >= 0.3 is 5.97 Å². The first-order valence-electron chi connectivity index (χ1n) is 5.99. The molecule has 1 aliphatic rings. The van der Waals surface area contributed by atoms with Gasteiger partial charge in [0, 0.05) is 0 Å². The summed E-state index contributed by atoms with van der Waals surface area (Å²) >= 11 is 0. The maximum atomic E-state index is 11.1. The van der Waals surface area contributed by atoms with Crippen LogP contribution in [0.1, 0.15) is 39.5 Å². The molecule has 3 heteroatoms. The number of hydrogen-bond acceptors (Lipinski definition) is 2. The fraction of sp³-hybridized carbons (Fsp3) is 0.400. The van der Waals surface area contributed by atoms with Crippen molar-refractivity contribution in [3.63, 3.8) is 0 Å². The van der Waals surface area contributed by atoms with E-state index in [-0.39, 0.29) is 5.57 Å². The van der Waals surface area contributed by atoms with E-state index >= 15 is 0 Å². The molecule has 1 heterocycles. The molecule has 0 amide bonds. The summed E-state index contributed by atoms with van der Waals surface area (Å²) in [5, 5.41) is 9.07. The largest absolute Gasteiger partial charge is 0.478 e. The molecule has 0 fully saturated rings. The number of benzene rings is 1. The first kappa shape index (κ1) is 12.8. The van der Waals surface area contributed by atoms with E-state index in [9.17, 15) is 4.79 Å². The molecule has 0 aliphatic carbocycles. The highest BCUT2D eigenvalue weighted by Gasteiger charge is 2.32. The summed E-state index contributed by atoms with van der Waals surface area (Å²) in [5.74, 6) is -0.997. The second-order valence-electron chi connectivity index (χ2n) is 4.91. The van der Waals surface area contributed by atoms with Crippen LogP contribution in [0.5, 0.6) is 0 Å². The van der Waals surface area contributed by atoms with E-state index in [1.807, 2.05) is 6.92 Å². The van der Waals surface area contributed by atoms with Gasteiger partial charge in [0.25, 0.3) is 0 Å². The third-order valence-electron chi connectivity index (χ3n) is 4.12. The predicted molar refractivity (Wildman–Crippen MR) is 69.7 cm³/mol. The smallest absolute Gasteiger partial charge is 0.333 e. The van der Waals surface area contributed by atoms with E-state index < -0.39 is 12.1 Å². The zero-order valence-corrected chi connectivity index (χ0v) is 11.3. The lowest BCUT2D eigenvalue weighted by atomic mass is 9.86. The first-order valence-corrected chi connectivity index (χ1v) is 5.99. The van der Waals surface area contributed by atoms with Crippen LogP contribution in [0, 0.1) is 27.7 Å². The topological polar surface area (TPSA) is 46.5 Å². The summed E-state index contributed by atoms with van der Waals surface area (Å²) in [6.45, 7) is 12.4. The van der Waals surface area contributed by atoms with Crippen molar-refractivity contribution in [2.45, 2.75) is 40.4 Å². The standard InChI is InChI=1S/C15H18O3/c1-7-8(2)10(4)13-12(9(7)3)6-18-14(13)11(5)15(16)17/h14H,5-6H2,1-4H3,(H,16,17). The Bertz CT molecular complexity index is 556. The molecule has 0 saturated carbocycles. The highest BCUT2D eigenvalue weighted by molar-refractivity contribution is 5.87. The van der Waals surface area contributed by atoms with Crippen LogP contribution in [0.2, 0.25) is 0 Å². The minimum Gasteiger partial charge on any atom is -0.478 e. The average molecular weight is 246 g/mol. The molecule has 0 aromatic heterocycles. The summed E-state index contributed by atoms with van der Waals surface area (Å²) in [6.07, 6.45) is -0.504. The van der Waals surface area contributed by atoms with Crippen LogP contribution in [0.15, 0.2) is 12.2 Å². The average Bonchev–Trinajstić information content (AvgIpc) is 2.77. The molecule has 2 rings (SSSR count). The normalized spacial score (nSPS) is 17.7. The second-order valence-corrected chi connectivity index (χ2v) is 4.91. The highest BCUT2D eigenvalue weighted by atomic mass is 16.5. The summed E-state index contributed by atoms with van der Waals surface area (Å²) in [7, 11) is 0. The van der Waals surface area contributed by atoms with E-state index in [2.05, 4.69) is 27.4 Å². The van der Waals surface area contributed by atoms with Crippen LogP contribution in [-0.2, 0) is 16.1 Å². The molecular weight excluding hydrogens is 228 g/mol. The number of hydrogen-bond donors (Lipinski definition) is 1. The number of aliphatic carboxylic acids is 1. The first-order chi connectivity index (χ1) is 8.36. The van der Waals surface area contributed by atoms with Crippen molar-refractivity contribution in [2.75, 3.05) is 0 Å². The molecule has 1 unspecified atom stereocenters. The van der Waals surface area contributed by atoms with Crippen molar-refractivity contribution in [2.24, 2.45) is 0 Å². The molecule has 96 valence electrons. The number of rotatable bonds is 2. The Morgan fingerprint density at radius 3 is 2.28 bits per heavy atom. The van der Waals surface area contributed by atoms with Gasteiger partial charge in [-0.2, -0.15) is 0 Å². The molecule has 0 saturated heterocycles. The number of carbonyl (C=O) groups is 1. The number of carboxylic acids is 1. The molecule has 1 aromatic rings. The van der Waals surface area contributed by atoms with E-state index in [4.69, 9.17) is 9.84 Å². The van der Waals surface area contributed by atoms with Gasteiger partial charge in [0.05, 0.1) is 12.2 Å². The van der Waals surface area contributed by atoms with Crippen molar-refractivity contribution in [1.29, 1.82) is 0 Å². The third kappa shape index (κ3) is 1.66. The highest BCUT2D eigenvalue weighted by Crippen LogP contribution is 2.41. The molecule has 0 radical (unpaired) electrons. The zero-order valence-electron chi connectivity index (χ0n) is 11.3. The maximum Gasteiger partial charge on any atom is 0.333 e. The van der Waals surface area contributed by atoms with Crippen LogP contribution in [0.25, 0.3) is 0 Å². The van der Waals surface area contributed by atoms with Crippen LogP contribution in [0.3, 0.4) is 0 Å². The van der Waals surface area contributed by atoms with E-state index in [1.165, 1.54) is 16.7 Å². The van der Waals surface area contributed by atoms with Crippen molar-refractivity contribution < 1.29 is 14.6 Å². The Morgan fingerprint density at radius 1 is 1.17 bits per heavy atom. The molecule has 0 spiro atoms. The summed E-state index contributed by atoms with van der Waals surface area (Å²) in [6, 6.07) is 0. The van der Waals surface area contributed by atoms with Gasteiger partial charge in [-0.1, -0.05) is 6.58 Å². The van der Waals surface area contributed by atoms with E-state index in [1.54, 1.807) is 0 Å². The van der Waals surface area contributed by atoms with Crippen LogP contribution in [-0.4, -0.2) is 11.1 Å². The van der Waals surface area contributed by atoms with Crippen molar-refractivity contribution in [3.05, 3.63) is 45.5 Å². The third-order valence-corrected chi connectivity index (χ3v) is 4.12. The summed E-state index contributed by atoms with van der Waals surface area (Å²) < 4.78 is 5.64. The maximum absolute atomic E-state index is 11.1. The monoisotopic (exact) mass is 246 g/mol. The summed E-state index contributed by atoms with van der Waals surface area (Å²) in [4.78, 5) is 11.1. The van der Waals surface area contributed by atoms with E-state index in [0.717, 1.165) is 16.7 Å². The lowest BCUT2D eigenvalue weighted by Gasteiger charge is -2.18. The van der Waals surface area contributed by atoms with Gasteiger partial charge in [0.1, 0.15) is 6.10 Å². The van der Waals surface area contributed by atoms with Crippen LogP contribution >= 0.6 is 0 Å². The number of fused-ring (bicyclic) bond motifs is 1. The Labute approximate surface area is 107 Å². The molecule has 1 aliphatic heterocycles. The van der Waals surface area contributed by atoms with Crippen LogP contribution in [0.4, 0.5) is 0 Å². The van der Waals surface area contributed by atoms with Crippen molar-refractivity contribution in [3.8, 4) is 0 Å².